The molecule has 0 bridgehead atoms. The average Bonchev–Trinajstić information content (AvgIpc) is 2.17. The first-order valence-electron chi connectivity index (χ1n) is 5.24. The highest BCUT2D eigenvalue weighted by Crippen LogP contribution is 1.97. The van der Waals surface area contributed by atoms with Gasteiger partial charge in [0.25, 0.3) is 0 Å². The molecule has 0 rings (SSSR count). The molecule has 15 heavy (non-hydrogen) atoms. The minimum absolute atomic E-state index is 0.0990. The maximum absolute atomic E-state index is 11.3. The van der Waals surface area contributed by atoms with Crippen molar-refractivity contribution in [2.45, 2.75) is 38.8 Å². The summed E-state index contributed by atoms with van der Waals surface area (Å²) < 4.78 is 0. The number of carbonyl (C=O) groups excluding carboxylic acids is 1. The Morgan fingerprint density at radius 2 is 2.13 bits per heavy atom. The fourth-order valence-corrected chi connectivity index (χ4v) is 0.929. The van der Waals surface area contributed by atoms with Crippen LogP contribution in [-0.2, 0) is 4.79 Å². The fourth-order valence-electron chi connectivity index (χ4n) is 0.929. The van der Waals surface area contributed by atoms with E-state index in [4.69, 9.17) is 5.11 Å². The lowest BCUT2D eigenvalue weighted by Crippen LogP contribution is -2.45. The van der Waals surface area contributed by atoms with Crippen LogP contribution >= 0.6 is 0 Å². The number of hydrogen-bond donors (Lipinski definition) is 4. The SMILES string of the molecule is CCC(C)NC(=O)CNCC(C)(O)CO. The second-order valence-corrected chi connectivity index (χ2v) is 4.14. The van der Waals surface area contributed by atoms with Crippen LogP contribution in [0.25, 0.3) is 0 Å². The number of aliphatic hydroxyl groups is 2. The van der Waals surface area contributed by atoms with Crippen molar-refractivity contribution >= 4 is 5.91 Å². The lowest BCUT2D eigenvalue weighted by molar-refractivity contribution is -0.121. The van der Waals surface area contributed by atoms with E-state index < -0.39 is 5.60 Å². The second-order valence-electron chi connectivity index (χ2n) is 4.14. The Kier molecular flexibility index (Phi) is 6.47. The van der Waals surface area contributed by atoms with Gasteiger partial charge >= 0.3 is 0 Å². The molecule has 5 heteroatoms. The Balaban J connectivity index is 3.64. The Hall–Kier alpha value is -0.650. The zero-order valence-corrected chi connectivity index (χ0v) is 9.71. The summed E-state index contributed by atoms with van der Waals surface area (Å²) in [5.41, 5.74) is -1.17. The zero-order chi connectivity index (χ0) is 11.9. The van der Waals surface area contributed by atoms with Crippen LogP contribution in [0.3, 0.4) is 0 Å². The Morgan fingerprint density at radius 3 is 2.60 bits per heavy atom. The third-order valence-corrected chi connectivity index (χ3v) is 2.15. The largest absolute Gasteiger partial charge is 0.393 e. The Morgan fingerprint density at radius 1 is 1.53 bits per heavy atom. The first-order chi connectivity index (χ1) is 6.91. The van der Waals surface area contributed by atoms with Gasteiger partial charge < -0.3 is 20.8 Å². The molecule has 0 aromatic heterocycles. The molecule has 0 spiro atoms. The van der Waals surface area contributed by atoms with Crippen molar-refractivity contribution in [2.75, 3.05) is 19.7 Å². The average molecular weight is 218 g/mol. The minimum atomic E-state index is -1.17. The van der Waals surface area contributed by atoms with Gasteiger partial charge in [0.1, 0.15) is 0 Å². The van der Waals surface area contributed by atoms with Crippen LogP contribution < -0.4 is 10.6 Å². The summed E-state index contributed by atoms with van der Waals surface area (Å²) in [5, 5.41) is 23.7. The van der Waals surface area contributed by atoms with Crippen molar-refractivity contribution in [1.82, 2.24) is 10.6 Å². The topological polar surface area (TPSA) is 81.6 Å². The van der Waals surface area contributed by atoms with Crippen molar-refractivity contribution in [1.29, 1.82) is 0 Å². The monoisotopic (exact) mass is 218 g/mol. The molecule has 0 fully saturated rings. The summed E-state index contributed by atoms with van der Waals surface area (Å²) in [6.07, 6.45) is 0.889. The van der Waals surface area contributed by atoms with Crippen molar-refractivity contribution in [3.63, 3.8) is 0 Å². The molecule has 0 saturated carbocycles. The molecule has 2 unspecified atom stereocenters. The predicted molar refractivity (Wildman–Crippen MR) is 58.5 cm³/mol. The summed E-state index contributed by atoms with van der Waals surface area (Å²) in [7, 11) is 0. The van der Waals surface area contributed by atoms with Crippen LogP contribution in [0.15, 0.2) is 0 Å². The number of rotatable bonds is 7. The summed E-state index contributed by atoms with van der Waals surface area (Å²) in [4.78, 5) is 11.3. The molecule has 1 amide bonds. The molecule has 0 saturated heterocycles. The number of amides is 1. The Labute approximate surface area is 90.9 Å². The molecule has 90 valence electrons. The van der Waals surface area contributed by atoms with Gasteiger partial charge in [0.15, 0.2) is 0 Å². The van der Waals surface area contributed by atoms with Gasteiger partial charge in [0.2, 0.25) is 5.91 Å². The third-order valence-electron chi connectivity index (χ3n) is 2.15. The van der Waals surface area contributed by atoms with Gasteiger partial charge in [-0.25, -0.2) is 0 Å². The van der Waals surface area contributed by atoms with Crippen molar-refractivity contribution in [3.05, 3.63) is 0 Å². The van der Waals surface area contributed by atoms with E-state index in [0.717, 1.165) is 6.42 Å². The van der Waals surface area contributed by atoms with Crippen molar-refractivity contribution in [3.8, 4) is 0 Å². The van der Waals surface area contributed by atoms with Crippen LogP contribution in [-0.4, -0.2) is 47.5 Å². The molecule has 0 heterocycles. The molecular formula is C10H22N2O3. The molecule has 4 N–H and O–H groups in total. The summed E-state index contributed by atoms with van der Waals surface area (Å²) in [5.74, 6) is -0.0990. The lowest BCUT2D eigenvalue weighted by Gasteiger charge is -2.20. The lowest BCUT2D eigenvalue weighted by atomic mass is 10.1. The van der Waals surface area contributed by atoms with Gasteiger partial charge in [-0.05, 0) is 20.3 Å². The first-order valence-corrected chi connectivity index (χ1v) is 5.24. The molecule has 2 atom stereocenters. The molecular weight excluding hydrogens is 196 g/mol. The predicted octanol–water partition coefficient (Wildman–Crippen LogP) is -0.766. The molecule has 0 aliphatic carbocycles. The van der Waals surface area contributed by atoms with Gasteiger partial charge in [0, 0.05) is 12.6 Å². The van der Waals surface area contributed by atoms with Gasteiger partial charge in [0.05, 0.1) is 18.8 Å². The van der Waals surface area contributed by atoms with Crippen LogP contribution in [0, 0.1) is 0 Å². The van der Waals surface area contributed by atoms with Crippen LogP contribution in [0.1, 0.15) is 27.2 Å². The number of nitrogens with one attached hydrogen (secondary N) is 2. The summed E-state index contributed by atoms with van der Waals surface area (Å²) >= 11 is 0. The smallest absolute Gasteiger partial charge is 0.234 e. The van der Waals surface area contributed by atoms with E-state index in [1.54, 1.807) is 0 Å². The second kappa shape index (κ2) is 6.76. The normalized spacial score (nSPS) is 16.9. The van der Waals surface area contributed by atoms with E-state index in [9.17, 15) is 9.90 Å². The standard InChI is InChI=1S/C10H22N2O3/c1-4-8(2)12-9(14)5-11-6-10(3,15)7-13/h8,11,13,15H,4-7H2,1-3H3,(H,12,14). The van der Waals surface area contributed by atoms with E-state index in [0.29, 0.717) is 0 Å². The fraction of sp³-hybridized carbons (Fsp3) is 0.900. The maximum Gasteiger partial charge on any atom is 0.234 e. The van der Waals surface area contributed by atoms with Gasteiger partial charge in [-0.15, -0.1) is 0 Å². The van der Waals surface area contributed by atoms with Crippen LogP contribution in [0.4, 0.5) is 0 Å². The number of hydrogen-bond acceptors (Lipinski definition) is 4. The Bertz CT molecular complexity index is 195. The van der Waals surface area contributed by atoms with E-state index in [-0.39, 0.29) is 31.6 Å². The van der Waals surface area contributed by atoms with E-state index in [1.165, 1.54) is 6.92 Å². The molecule has 5 nitrogen and oxygen atoms in total. The first kappa shape index (κ1) is 14.3. The highest BCUT2D eigenvalue weighted by atomic mass is 16.3. The molecule has 0 radical (unpaired) electrons. The van der Waals surface area contributed by atoms with Crippen LogP contribution in [0.2, 0.25) is 0 Å². The van der Waals surface area contributed by atoms with E-state index in [2.05, 4.69) is 10.6 Å². The maximum atomic E-state index is 11.3. The molecule has 0 aromatic rings. The van der Waals surface area contributed by atoms with Crippen LogP contribution in [0.5, 0.6) is 0 Å². The third kappa shape index (κ3) is 7.30. The van der Waals surface area contributed by atoms with Crippen molar-refractivity contribution < 1.29 is 15.0 Å². The van der Waals surface area contributed by atoms with Gasteiger partial charge in [-0.3, -0.25) is 4.79 Å². The van der Waals surface area contributed by atoms with Gasteiger partial charge in [-0.2, -0.15) is 0 Å². The number of aliphatic hydroxyl groups excluding tert-OH is 1. The minimum Gasteiger partial charge on any atom is -0.393 e. The summed E-state index contributed by atoms with van der Waals surface area (Å²) in [6.45, 7) is 5.45. The molecule has 0 aliphatic heterocycles. The van der Waals surface area contributed by atoms with E-state index in [1.807, 2.05) is 13.8 Å². The van der Waals surface area contributed by atoms with Gasteiger partial charge in [-0.1, -0.05) is 6.92 Å². The summed E-state index contributed by atoms with van der Waals surface area (Å²) in [6, 6.07) is 0.164. The highest BCUT2D eigenvalue weighted by molar-refractivity contribution is 5.78. The molecule has 0 aliphatic rings. The zero-order valence-electron chi connectivity index (χ0n) is 9.71. The van der Waals surface area contributed by atoms with E-state index >= 15 is 0 Å². The van der Waals surface area contributed by atoms with Crippen molar-refractivity contribution in [2.24, 2.45) is 0 Å². The quantitative estimate of drug-likeness (QED) is 0.452. The molecule has 0 aromatic carbocycles. The highest BCUT2D eigenvalue weighted by Gasteiger charge is 2.18. The number of carbonyl (C=O) groups is 1.